The standard InChI is InChI=1S/C25H23F2NO2S.C4H10O.CH4O/c1-15-8-10-17(11-9-15)21-19(12-13-29)16(2)24-22(23(21)25(26)27)20-7-5-4-6-18(20)14-28(24)31(3)30;1-4(2,3)5;1-2/h4-11,13,25H,12,14H2,1-3H3;5H,1-3H3;2H,1H3. The van der Waals surface area contributed by atoms with Crippen LogP contribution >= 0.6 is 0 Å². The maximum Gasteiger partial charge on any atom is 0.265 e. The molecular formula is C30H37F2NO4S. The molecule has 0 fully saturated rings. The predicted molar refractivity (Wildman–Crippen MR) is 152 cm³/mol. The minimum Gasteiger partial charge on any atom is -0.400 e. The first-order valence-electron chi connectivity index (χ1n) is 12.2. The second-order valence-corrected chi connectivity index (χ2v) is 11.2. The Kier molecular flexibility index (Phi) is 10.9. The number of hydrogen-bond acceptors (Lipinski definition) is 4. The Labute approximate surface area is 226 Å². The molecule has 1 atom stereocenters. The van der Waals surface area contributed by atoms with E-state index in [-0.39, 0.29) is 12.0 Å². The number of alkyl halides is 2. The number of aryl methyl sites for hydroxylation is 1. The van der Waals surface area contributed by atoms with Gasteiger partial charge in [0.05, 0.1) is 17.8 Å². The number of aliphatic hydroxyl groups excluding tert-OH is 1. The topological polar surface area (TPSA) is 77.8 Å². The van der Waals surface area contributed by atoms with Gasteiger partial charge in [-0.3, -0.25) is 4.31 Å². The van der Waals surface area contributed by atoms with E-state index < -0.39 is 23.0 Å². The van der Waals surface area contributed by atoms with Crippen molar-refractivity contribution in [2.75, 3.05) is 17.7 Å². The average molecular weight is 546 g/mol. The van der Waals surface area contributed by atoms with Gasteiger partial charge in [-0.15, -0.1) is 0 Å². The monoisotopic (exact) mass is 545 g/mol. The molecule has 0 amide bonds. The minimum atomic E-state index is -2.77. The van der Waals surface area contributed by atoms with Crippen LogP contribution in [0.2, 0.25) is 0 Å². The SMILES string of the molecule is CC(C)(C)O.CO.Cc1ccc(-c2c(CC=O)c(C)c3c(c2C(F)F)-c2ccccc2CN3S(C)=O)cc1. The number of fused-ring (bicyclic) bond motifs is 3. The summed E-state index contributed by atoms with van der Waals surface area (Å²) in [6.07, 6.45) is -0.471. The van der Waals surface area contributed by atoms with Gasteiger partial charge in [0.25, 0.3) is 6.43 Å². The van der Waals surface area contributed by atoms with Gasteiger partial charge >= 0.3 is 0 Å². The number of carbonyl (C=O) groups excluding carboxylic acids is 1. The van der Waals surface area contributed by atoms with Crippen LogP contribution in [0, 0.1) is 13.8 Å². The van der Waals surface area contributed by atoms with Crippen LogP contribution in [0.1, 0.15) is 55.0 Å². The molecule has 0 radical (unpaired) electrons. The fraction of sp³-hybridized carbons (Fsp3) is 0.367. The van der Waals surface area contributed by atoms with Crippen LogP contribution in [0.5, 0.6) is 0 Å². The van der Waals surface area contributed by atoms with Crippen LogP contribution in [-0.2, 0) is 28.7 Å². The number of aliphatic hydroxyl groups is 2. The summed E-state index contributed by atoms with van der Waals surface area (Å²) in [6, 6.07) is 14.8. The highest BCUT2D eigenvalue weighted by atomic mass is 32.2. The molecule has 0 spiro atoms. The molecule has 0 saturated heterocycles. The lowest BCUT2D eigenvalue weighted by atomic mass is 9.80. The molecule has 4 rings (SSSR count). The molecule has 0 saturated carbocycles. The Morgan fingerprint density at radius 3 is 2.08 bits per heavy atom. The molecular weight excluding hydrogens is 508 g/mol. The number of carbonyl (C=O) groups is 1. The van der Waals surface area contributed by atoms with Gasteiger partial charge in [0.2, 0.25) is 0 Å². The molecule has 8 heteroatoms. The maximum atomic E-state index is 14.8. The van der Waals surface area contributed by atoms with E-state index in [9.17, 15) is 17.8 Å². The molecule has 0 aromatic heterocycles. The number of anilines is 1. The second kappa shape index (κ2) is 13.2. The highest BCUT2D eigenvalue weighted by Gasteiger charge is 2.34. The lowest BCUT2D eigenvalue weighted by Crippen LogP contribution is -2.30. The molecule has 0 aliphatic carbocycles. The number of hydrogen-bond donors (Lipinski definition) is 2. The minimum absolute atomic E-state index is 0.00782. The Balaban J connectivity index is 0.000000651. The summed E-state index contributed by atoms with van der Waals surface area (Å²) in [5.41, 5.74) is 5.25. The smallest absolute Gasteiger partial charge is 0.265 e. The average Bonchev–Trinajstić information content (AvgIpc) is 2.85. The van der Waals surface area contributed by atoms with Gasteiger partial charge in [0.1, 0.15) is 17.3 Å². The van der Waals surface area contributed by atoms with Crippen LogP contribution in [0.4, 0.5) is 14.5 Å². The Morgan fingerprint density at radius 2 is 1.58 bits per heavy atom. The van der Waals surface area contributed by atoms with Crippen molar-refractivity contribution in [1.29, 1.82) is 0 Å². The third-order valence-electron chi connectivity index (χ3n) is 5.89. The highest BCUT2D eigenvalue weighted by molar-refractivity contribution is 7.85. The Hall–Kier alpha value is -2.94. The summed E-state index contributed by atoms with van der Waals surface area (Å²) in [5, 5.41) is 15.5. The molecule has 206 valence electrons. The van der Waals surface area contributed by atoms with Crippen molar-refractivity contribution in [2.24, 2.45) is 0 Å². The van der Waals surface area contributed by atoms with Crippen LogP contribution in [0.3, 0.4) is 0 Å². The molecule has 1 heterocycles. The Morgan fingerprint density at radius 1 is 1.03 bits per heavy atom. The van der Waals surface area contributed by atoms with Crippen LogP contribution < -0.4 is 4.31 Å². The fourth-order valence-electron chi connectivity index (χ4n) is 4.48. The van der Waals surface area contributed by atoms with Gasteiger partial charge in [-0.05, 0) is 68.0 Å². The summed E-state index contributed by atoms with van der Waals surface area (Å²) >= 11 is 0. The maximum absolute atomic E-state index is 14.8. The van der Waals surface area contributed by atoms with Crippen LogP contribution in [-0.4, -0.2) is 39.7 Å². The zero-order valence-electron chi connectivity index (χ0n) is 23.0. The quantitative estimate of drug-likeness (QED) is 0.368. The fourth-order valence-corrected chi connectivity index (χ4v) is 5.29. The summed E-state index contributed by atoms with van der Waals surface area (Å²) < 4.78 is 43.8. The largest absolute Gasteiger partial charge is 0.400 e. The predicted octanol–water partition coefficient (Wildman–Crippen LogP) is 6.32. The molecule has 0 bridgehead atoms. The first-order valence-corrected chi connectivity index (χ1v) is 13.7. The third kappa shape index (κ3) is 7.12. The summed E-state index contributed by atoms with van der Waals surface area (Å²) in [7, 11) is -0.419. The lowest BCUT2D eigenvalue weighted by molar-refractivity contribution is -0.107. The van der Waals surface area contributed by atoms with Crippen LogP contribution in [0.25, 0.3) is 22.3 Å². The number of aldehydes is 1. The molecule has 2 N–H and O–H groups in total. The Bertz CT molecular complexity index is 1280. The number of benzene rings is 3. The normalized spacial score (nSPS) is 12.9. The molecule has 3 aromatic carbocycles. The zero-order chi connectivity index (χ0) is 28.8. The van der Waals surface area contributed by atoms with Crippen LogP contribution in [0.15, 0.2) is 48.5 Å². The van der Waals surface area contributed by atoms with E-state index in [4.69, 9.17) is 10.2 Å². The van der Waals surface area contributed by atoms with E-state index in [1.165, 1.54) is 0 Å². The van der Waals surface area contributed by atoms with Gasteiger partial charge < -0.3 is 15.0 Å². The molecule has 1 unspecified atom stereocenters. The summed E-state index contributed by atoms with van der Waals surface area (Å²) in [4.78, 5) is 11.6. The highest BCUT2D eigenvalue weighted by Crippen LogP contribution is 2.51. The first kappa shape index (κ1) is 31.3. The third-order valence-corrected chi connectivity index (χ3v) is 6.82. The van der Waals surface area contributed by atoms with E-state index >= 15 is 0 Å². The van der Waals surface area contributed by atoms with Crippen molar-refractivity contribution in [3.63, 3.8) is 0 Å². The van der Waals surface area contributed by atoms with Gasteiger partial charge in [0.15, 0.2) is 0 Å². The van der Waals surface area contributed by atoms with Gasteiger partial charge in [-0.2, -0.15) is 0 Å². The van der Waals surface area contributed by atoms with E-state index in [0.29, 0.717) is 40.0 Å². The van der Waals surface area contributed by atoms with E-state index in [1.54, 1.807) is 31.3 Å². The molecule has 1 aliphatic rings. The van der Waals surface area contributed by atoms with Gasteiger partial charge in [-0.1, -0.05) is 54.1 Å². The lowest BCUT2D eigenvalue weighted by Gasteiger charge is -2.36. The van der Waals surface area contributed by atoms with Crippen molar-refractivity contribution in [2.45, 2.75) is 59.6 Å². The van der Waals surface area contributed by atoms with Crippen molar-refractivity contribution < 1.29 is 28.0 Å². The van der Waals surface area contributed by atoms with Crippen molar-refractivity contribution >= 4 is 23.0 Å². The molecule has 5 nitrogen and oxygen atoms in total. The van der Waals surface area contributed by atoms with Crippen molar-refractivity contribution in [3.8, 4) is 22.3 Å². The second-order valence-electron chi connectivity index (χ2n) is 9.94. The number of nitrogens with zero attached hydrogens (tertiary/aromatic N) is 1. The van der Waals surface area contributed by atoms with E-state index in [1.807, 2.05) is 62.4 Å². The summed E-state index contributed by atoms with van der Waals surface area (Å²) in [5.74, 6) is 0. The number of rotatable bonds is 5. The molecule has 38 heavy (non-hydrogen) atoms. The molecule has 1 aliphatic heterocycles. The first-order chi connectivity index (χ1) is 17.8. The van der Waals surface area contributed by atoms with Gasteiger partial charge in [-0.25, -0.2) is 13.0 Å². The zero-order valence-corrected chi connectivity index (χ0v) is 23.8. The van der Waals surface area contributed by atoms with E-state index in [2.05, 4.69) is 0 Å². The molecule has 3 aromatic rings. The van der Waals surface area contributed by atoms with Gasteiger partial charge in [0, 0.05) is 30.9 Å². The number of halogens is 2. The summed E-state index contributed by atoms with van der Waals surface area (Å²) in [6.45, 7) is 9.36. The van der Waals surface area contributed by atoms with Crippen molar-refractivity contribution in [1.82, 2.24) is 0 Å². The van der Waals surface area contributed by atoms with E-state index in [0.717, 1.165) is 30.1 Å². The van der Waals surface area contributed by atoms with Crippen molar-refractivity contribution in [3.05, 3.63) is 76.3 Å².